The summed E-state index contributed by atoms with van der Waals surface area (Å²) in [6.07, 6.45) is 0. The van der Waals surface area contributed by atoms with Crippen LogP contribution in [0.4, 0.5) is 11.6 Å². The zero-order chi connectivity index (χ0) is 15.1. The molecule has 0 saturated carbocycles. The van der Waals surface area contributed by atoms with Crippen molar-refractivity contribution in [3.05, 3.63) is 34.0 Å². The quantitative estimate of drug-likeness (QED) is 0.848. The Hall–Kier alpha value is -1.73. The number of sulfonamides is 1. The number of benzene rings is 1. The van der Waals surface area contributed by atoms with Gasteiger partial charge < -0.3 is 10.3 Å². The number of anilines is 2. The molecule has 0 unspecified atom stereocenters. The standard InChI is InChI=1S/C12H14ClN3O3S/c1-6-8(3)15-19-12(6)16-20(17,18)11-5-9(13)4-10(14)7(11)2/h4-5,16H,14H2,1-3H3. The lowest BCUT2D eigenvalue weighted by Gasteiger charge is -2.11. The summed E-state index contributed by atoms with van der Waals surface area (Å²) in [6.45, 7) is 5.04. The van der Waals surface area contributed by atoms with Crippen LogP contribution < -0.4 is 10.5 Å². The largest absolute Gasteiger partial charge is 0.398 e. The van der Waals surface area contributed by atoms with Crippen LogP contribution >= 0.6 is 11.6 Å². The average molecular weight is 316 g/mol. The Balaban J connectivity index is 2.49. The first-order valence-electron chi connectivity index (χ1n) is 5.73. The van der Waals surface area contributed by atoms with Crippen molar-refractivity contribution in [3.8, 4) is 0 Å². The molecule has 108 valence electrons. The monoisotopic (exact) mass is 315 g/mol. The van der Waals surface area contributed by atoms with E-state index in [0.29, 0.717) is 22.5 Å². The molecule has 3 N–H and O–H groups in total. The third-order valence-corrected chi connectivity index (χ3v) is 4.71. The molecular formula is C12H14ClN3O3S. The van der Waals surface area contributed by atoms with Crippen LogP contribution in [0.5, 0.6) is 0 Å². The van der Waals surface area contributed by atoms with Crippen LogP contribution in [0.2, 0.25) is 5.02 Å². The Bertz CT molecular complexity index is 768. The number of halogens is 1. The minimum absolute atomic E-state index is 0.0101. The number of hydrogen-bond donors (Lipinski definition) is 2. The van der Waals surface area contributed by atoms with E-state index in [-0.39, 0.29) is 15.8 Å². The predicted octanol–water partition coefficient (Wildman–Crippen LogP) is 2.64. The number of rotatable bonds is 3. The van der Waals surface area contributed by atoms with Crippen LogP contribution in [-0.4, -0.2) is 13.6 Å². The van der Waals surface area contributed by atoms with Crippen molar-refractivity contribution in [2.45, 2.75) is 25.7 Å². The molecule has 2 rings (SSSR count). The van der Waals surface area contributed by atoms with Gasteiger partial charge in [0.25, 0.3) is 10.0 Å². The first kappa shape index (κ1) is 14.7. The molecule has 1 heterocycles. The minimum atomic E-state index is -3.85. The summed E-state index contributed by atoms with van der Waals surface area (Å²) in [7, 11) is -3.85. The third-order valence-electron chi connectivity index (χ3n) is 3.04. The lowest BCUT2D eigenvalue weighted by Crippen LogP contribution is -2.15. The molecular weight excluding hydrogens is 302 g/mol. The van der Waals surface area contributed by atoms with Crippen molar-refractivity contribution < 1.29 is 12.9 Å². The van der Waals surface area contributed by atoms with E-state index < -0.39 is 10.0 Å². The number of nitrogen functional groups attached to an aromatic ring is 1. The fourth-order valence-corrected chi connectivity index (χ4v) is 3.28. The van der Waals surface area contributed by atoms with Gasteiger partial charge in [0.2, 0.25) is 5.88 Å². The molecule has 8 heteroatoms. The van der Waals surface area contributed by atoms with E-state index in [1.54, 1.807) is 20.8 Å². The summed E-state index contributed by atoms with van der Waals surface area (Å²) in [5, 5.41) is 3.95. The maximum Gasteiger partial charge on any atom is 0.264 e. The van der Waals surface area contributed by atoms with Crippen molar-refractivity contribution >= 4 is 33.2 Å². The van der Waals surface area contributed by atoms with Gasteiger partial charge in [-0.25, -0.2) is 13.1 Å². The molecule has 2 aromatic rings. The summed E-state index contributed by atoms with van der Waals surface area (Å²) < 4.78 is 32.0. The van der Waals surface area contributed by atoms with Gasteiger partial charge in [-0.05, 0) is 38.5 Å². The van der Waals surface area contributed by atoms with Crippen LogP contribution in [-0.2, 0) is 10.0 Å². The summed E-state index contributed by atoms with van der Waals surface area (Å²) in [4.78, 5) is 0.0101. The number of hydrogen-bond acceptors (Lipinski definition) is 5. The zero-order valence-corrected chi connectivity index (χ0v) is 12.8. The Kier molecular flexibility index (Phi) is 3.66. The molecule has 0 saturated heterocycles. The van der Waals surface area contributed by atoms with E-state index in [4.69, 9.17) is 21.9 Å². The van der Waals surface area contributed by atoms with Gasteiger partial charge in [0, 0.05) is 16.3 Å². The van der Waals surface area contributed by atoms with Crippen LogP contribution in [0.3, 0.4) is 0 Å². The highest BCUT2D eigenvalue weighted by molar-refractivity contribution is 7.92. The highest BCUT2D eigenvalue weighted by atomic mass is 35.5. The molecule has 6 nitrogen and oxygen atoms in total. The van der Waals surface area contributed by atoms with Gasteiger partial charge >= 0.3 is 0 Å². The molecule has 0 bridgehead atoms. The predicted molar refractivity (Wildman–Crippen MR) is 77.4 cm³/mol. The van der Waals surface area contributed by atoms with Crippen molar-refractivity contribution in [2.24, 2.45) is 0 Å². The summed E-state index contributed by atoms with van der Waals surface area (Å²) >= 11 is 5.86. The Morgan fingerprint density at radius 1 is 1.25 bits per heavy atom. The molecule has 0 aliphatic heterocycles. The van der Waals surface area contributed by atoms with Gasteiger partial charge in [-0.15, -0.1) is 0 Å². The molecule has 0 radical (unpaired) electrons. The van der Waals surface area contributed by atoms with Gasteiger partial charge in [0.05, 0.1) is 10.6 Å². The minimum Gasteiger partial charge on any atom is -0.398 e. The Morgan fingerprint density at radius 2 is 1.90 bits per heavy atom. The first-order chi connectivity index (χ1) is 9.22. The fourth-order valence-electron chi connectivity index (χ4n) is 1.64. The van der Waals surface area contributed by atoms with Crippen molar-refractivity contribution in [1.82, 2.24) is 5.16 Å². The molecule has 0 amide bonds. The SMILES string of the molecule is Cc1noc(NS(=O)(=O)c2cc(Cl)cc(N)c2C)c1C. The van der Waals surface area contributed by atoms with Crippen molar-refractivity contribution in [3.63, 3.8) is 0 Å². The normalized spacial score (nSPS) is 11.6. The molecule has 0 fully saturated rings. The first-order valence-corrected chi connectivity index (χ1v) is 7.60. The van der Waals surface area contributed by atoms with Crippen molar-refractivity contribution in [2.75, 3.05) is 10.5 Å². The van der Waals surface area contributed by atoms with E-state index in [9.17, 15) is 8.42 Å². The maximum absolute atomic E-state index is 12.4. The second-order valence-electron chi connectivity index (χ2n) is 4.45. The van der Waals surface area contributed by atoms with E-state index >= 15 is 0 Å². The van der Waals surface area contributed by atoms with Gasteiger partial charge in [-0.1, -0.05) is 16.8 Å². The lowest BCUT2D eigenvalue weighted by molar-refractivity contribution is 0.430. The van der Waals surface area contributed by atoms with Gasteiger partial charge in [0.15, 0.2) is 0 Å². The van der Waals surface area contributed by atoms with Crippen LogP contribution in [0.25, 0.3) is 0 Å². The number of nitrogens with one attached hydrogen (secondary N) is 1. The van der Waals surface area contributed by atoms with Crippen molar-refractivity contribution in [1.29, 1.82) is 0 Å². The van der Waals surface area contributed by atoms with E-state index in [1.165, 1.54) is 12.1 Å². The summed E-state index contributed by atoms with van der Waals surface area (Å²) in [5.41, 5.74) is 7.71. The second kappa shape index (κ2) is 4.99. The number of nitrogens with two attached hydrogens (primary N) is 1. The van der Waals surface area contributed by atoms with Crippen LogP contribution in [0, 0.1) is 20.8 Å². The number of aryl methyl sites for hydroxylation is 1. The topological polar surface area (TPSA) is 98.2 Å². The lowest BCUT2D eigenvalue weighted by atomic mass is 10.2. The van der Waals surface area contributed by atoms with E-state index in [1.807, 2.05) is 0 Å². The molecule has 1 aromatic carbocycles. The molecule has 20 heavy (non-hydrogen) atoms. The number of aromatic nitrogens is 1. The third kappa shape index (κ3) is 2.59. The smallest absolute Gasteiger partial charge is 0.264 e. The Morgan fingerprint density at radius 3 is 2.45 bits per heavy atom. The molecule has 1 aromatic heterocycles. The second-order valence-corrected chi connectivity index (χ2v) is 6.53. The molecule has 0 spiro atoms. The van der Waals surface area contributed by atoms with Gasteiger partial charge in [-0.2, -0.15) is 0 Å². The zero-order valence-electron chi connectivity index (χ0n) is 11.2. The van der Waals surface area contributed by atoms with Gasteiger partial charge in [-0.3, -0.25) is 0 Å². The van der Waals surface area contributed by atoms with Gasteiger partial charge in [0.1, 0.15) is 0 Å². The van der Waals surface area contributed by atoms with E-state index in [2.05, 4.69) is 9.88 Å². The highest BCUT2D eigenvalue weighted by Crippen LogP contribution is 2.28. The molecule has 0 aliphatic carbocycles. The summed E-state index contributed by atoms with van der Waals surface area (Å²) in [5.74, 6) is 0.0837. The average Bonchev–Trinajstić information content (AvgIpc) is 2.65. The van der Waals surface area contributed by atoms with Crippen LogP contribution in [0.15, 0.2) is 21.6 Å². The molecule has 0 aliphatic rings. The van der Waals surface area contributed by atoms with E-state index in [0.717, 1.165) is 0 Å². The number of nitrogens with zero attached hydrogens (tertiary/aromatic N) is 1. The summed E-state index contributed by atoms with van der Waals surface area (Å²) in [6, 6.07) is 2.84. The van der Waals surface area contributed by atoms with Crippen LogP contribution in [0.1, 0.15) is 16.8 Å². The Labute approximate surface area is 122 Å². The maximum atomic E-state index is 12.4. The highest BCUT2D eigenvalue weighted by Gasteiger charge is 2.22. The fraction of sp³-hybridized carbons (Fsp3) is 0.250. The molecule has 0 atom stereocenters.